The standard InChI is InChI=1S/C10H8F3IN2/c11-10(12,13)7(5-15)6-16-9-4-2-1-3-8(9)14/h1-4,7,16H,6H2. The fraction of sp³-hybridized carbons (Fsp3) is 0.300. The molecule has 0 heterocycles. The van der Waals surface area contributed by atoms with E-state index in [1.165, 1.54) is 6.07 Å². The number of nitrogens with one attached hydrogen (secondary N) is 1. The maximum atomic E-state index is 12.3. The van der Waals surface area contributed by atoms with E-state index in [1.807, 2.05) is 22.6 Å². The smallest absolute Gasteiger partial charge is 0.383 e. The fourth-order valence-electron chi connectivity index (χ4n) is 1.05. The first-order chi connectivity index (χ1) is 7.45. The summed E-state index contributed by atoms with van der Waals surface area (Å²) in [6.45, 7) is -0.431. The topological polar surface area (TPSA) is 35.8 Å². The molecular weight excluding hydrogens is 332 g/mol. The third kappa shape index (κ3) is 3.56. The molecule has 1 atom stereocenters. The molecule has 1 aromatic carbocycles. The van der Waals surface area contributed by atoms with Gasteiger partial charge in [-0.2, -0.15) is 18.4 Å². The second kappa shape index (κ2) is 5.39. The van der Waals surface area contributed by atoms with Crippen LogP contribution in [0.2, 0.25) is 0 Å². The van der Waals surface area contributed by atoms with Crippen LogP contribution in [0.1, 0.15) is 0 Å². The van der Waals surface area contributed by atoms with Crippen LogP contribution < -0.4 is 5.32 Å². The number of alkyl halides is 3. The Labute approximate surface area is 105 Å². The van der Waals surface area contributed by atoms with Crippen LogP contribution in [0.5, 0.6) is 0 Å². The predicted molar refractivity (Wildman–Crippen MR) is 62.8 cm³/mol. The van der Waals surface area contributed by atoms with Gasteiger partial charge < -0.3 is 5.32 Å². The van der Waals surface area contributed by atoms with E-state index in [2.05, 4.69) is 5.32 Å². The van der Waals surface area contributed by atoms with Crippen molar-refractivity contribution in [2.45, 2.75) is 6.18 Å². The van der Waals surface area contributed by atoms with Crippen molar-refractivity contribution in [3.63, 3.8) is 0 Å². The zero-order valence-corrected chi connectivity index (χ0v) is 10.2. The minimum Gasteiger partial charge on any atom is -0.383 e. The fourth-order valence-corrected chi connectivity index (χ4v) is 1.63. The molecule has 1 unspecified atom stereocenters. The lowest BCUT2D eigenvalue weighted by Gasteiger charge is -2.15. The van der Waals surface area contributed by atoms with Gasteiger partial charge in [-0.15, -0.1) is 0 Å². The molecule has 1 rings (SSSR count). The van der Waals surface area contributed by atoms with Crippen LogP contribution in [0.25, 0.3) is 0 Å². The van der Waals surface area contributed by atoms with Gasteiger partial charge in [0.2, 0.25) is 0 Å². The lowest BCUT2D eigenvalue weighted by atomic mass is 10.1. The molecule has 0 radical (unpaired) electrons. The zero-order chi connectivity index (χ0) is 12.2. The average molecular weight is 340 g/mol. The van der Waals surface area contributed by atoms with Gasteiger partial charge in [-0.25, -0.2) is 0 Å². The maximum absolute atomic E-state index is 12.3. The molecule has 1 N–H and O–H groups in total. The third-order valence-electron chi connectivity index (χ3n) is 1.92. The van der Waals surface area contributed by atoms with E-state index >= 15 is 0 Å². The lowest BCUT2D eigenvalue weighted by molar-refractivity contribution is -0.155. The highest BCUT2D eigenvalue weighted by Crippen LogP contribution is 2.26. The normalized spacial score (nSPS) is 12.9. The van der Waals surface area contributed by atoms with Gasteiger partial charge in [0.15, 0.2) is 5.92 Å². The quantitative estimate of drug-likeness (QED) is 0.856. The van der Waals surface area contributed by atoms with E-state index in [-0.39, 0.29) is 0 Å². The molecule has 6 heteroatoms. The molecular formula is C10H8F3IN2. The minimum atomic E-state index is -4.48. The number of benzene rings is 1. The molecule has 0 amide bonds. The highest BCUT2D eigenvalue weighted by Gasteiger charge is 2.39. The van der Waals surface area contributed by atoms with E-state index < -0.39 is 18.6 Å². The number of nitriles is 1. The predicted octanol–water partition coefficient (Wildman–Crippen LogP) is 3.41. The van der Waals surface area contributed by atoms with E-state index in [0.717, 1.165) is 3.57 Å². The summed E-state index contributed by atoms with van der Waals surface area (Å²) in [5.41, 5.74) is 0.604. The summed E-state index contributed by atoms with van der Waals surface area (Å²) in [6, 6.07) is 8.20. The van der Waals surface area contributed by atoms with Crippen molar-refractivity contribution in [3.05, 3.63) is 27.8 Å². The lowest BCUT2D eigenvalue weighted by Crippen LogP contribution is -2.28. The van der Waals surface area contributed by atoms with Crippen molar-refractivity contribution in [2.24, 2.45) is 5.92 Å². The Morgan fingerprint density at radius 1 is 1.38 bits per heavy atom. The summed E-state index contributed by atoms with van der Waals surface area (Å²) in [6.07, 6.45) is -4.48. The van der Waals surface area contributed by atoms with Gasteiger partial charge in [-0.3, -0.25) is 0 Å². The summed E-state index contributed by atoms with van der Waals surface area (Å²) < 4.78 is 37.6. The molecule has 0 aliphatic carbocycles. The number of anilines is 1. The van der Waals surface area contributed by atoms with Crippen molar-refractivity contribution >= 4 is 28.3 Å². The van der Waals surface area contributed by atoms with Crippen molar-refractivity contribution in [2.75, 3.05) is 11.9 Å². The maximum Gasteiger partial charge on any atom is 0.406 e. The summed E-state index contributed by atoms with van der Waals surface area (Å²) in [4.78, 5) is 0. The summed E-state index contributed by atoms with van der Waals surface area (Å²) >= 11 is 2.01. The first-order valence-corrected chi connectivity index (χ1v) is 5.47. The van der Waals surface area contributed by atoms with Crippen LogP contribution >= 0.6 is 22.6 Å². The largest absolute Gasteiger partial charge is 0.406 e. The molecule has 16 heavy (non-hydrogen) atoms. The van der Waals surface area contributed by atoms with Gasteiger partial charge in [0.05, 0.1) is 6.07 Å². The SMILES string of the molecule is N#CC(CNc1ccccc1I)C(F)(F)F. The molecule has 0 fully saturated rings. The first kappa shape index (κ1) is 13.1. The van der Waals surface area contributed by atoms with Gasteiger partial charge in [0.1, 0.15) is 0 Å². The Kier molecular flexibility index (Phi) is 4.41. The van der Waals surface area contributed by atoms with Crippen molar-refractivity contribution in [1.29, 1.82) is 5.26 Å². The van der Waals surface area contributed by atoms with E-state index in [1.54, 1.807) is 24.3 Å². The van der Waals surface area contributed by atoms with Crippen LogP contribution in [-0.4, -0.2) is 12.7 Å². The Hall–Kier alpha value is -0.970. The third-order valence-corrected chi connectivity index (χ3v) is 2.86. The van der Waals surface area contributed by atoms with Gasteiger partial charge >= 0.3 is 6.18 Å². The van der Waals surface area contributed by atoms with Crippen LogP contribution in [0.15, 0.2) is 24.3 Å². The van der Waals surface area contributed by atoms with E-state index in [4.69, 9.17) is 5.26 Å². The highest BCUT2D eigenvalue weighted by molar-refractivity contribution is 14.1. The van der Waals surface area contributed by atoms with E-state index in [0.29, 0.717) is 5.69 Å². The summed E-state index contributed by atoms with van der Waals surface area (Å²) in [5.74, 6) is -1.98. The Morgan fingerprint density at radius 3 is 2.50 bits per heavy atom. The van der Waals surface area contributed by atoms with Crippen LogP contribution in [0, 0.1) is 20.8 Å². The van der Waals surface area contributed by atoms with Crippen LogP contribution in [0.4, 0.5) is 18.9 Å². The second-order valence-electron chi connectivity index (χ2n) is 3.08. The van der Waals surface area contributed by atoms with E-state index in [9.17, 15) is 13.2 Å². The number of hydrogen-bond acceptors (Lipinski definition) is 2. The molecule has 2 nitrogen and oxygen atoms in total. The molecule has 86 valence electrons. The zero-order valence-electron chi connectivity index (χ0n) is 8.05. The van der Waals surface area contributed by atoms with Gasteiger partial charge in [-0.05, 0) is 34.7 Å². The molecule has 0 spiro atoms. The number of hydrogen-bond donors (Lipinski definition) is 1. The molecule has 0 aliphatic heterocycles. The summed E-state index contributed by atoms with van der Waals surface area (Å²) in [5, 5.41) is 11.0. The molecule has 0 bridgehead atoms. The minimum absolute atomic E-state index is 0.431. The Bertz CT molecular complexity index is 398. The van der Waals surface area contributed by atoms with Crippen LogP contribution in [0.3, 0.4) is 0 Å². The molecule has 1 aromatic rings. The monoisotopic (exact) mass is 340 g/mol. The summed E-state index contributed by atoms with van der Waals surface area (Å²) in [7, 11) is 0. The van der Waals surface area contributed by atoms with Crippen molar-refractivity contribution < 1.29 is 13.2 Å². The Morgan fingerprint density at radius 2 is 2.00 bits per heavy atom. The number of halogens is 4. The average Bonchev–Trinajstić information content (AvgIpc) is 2.19. The number of rotatable bonds is 3. The number of nitrogens with zero attached hydrogens (tertiary/aromatic N) is 1. The van der Waals surface area contributed by atoms with Crippen molar-refractivity contribution in [3.8, 4) is 6.07 Å². The highest BCUT2D eigenvalue weighted by atomic mass is 127. The second-order valence-corrected chi connectivity index (χ2v) is 4.25. The van der Waals surface area contributed by atoms with Crippen LogP contribution in [-0.2, 0) is 0 Å². The Balaban J connectivity index is 2.65. The van der Waals surface area contributed by atoms with Gasteiger partial charge in [0.25, 0.3) is 0 Å². The molecule has 0 saturated heterocycles. The molecule has 0 saturated carbocycles. The molecule has 0 aliphatic rings. The van der Waals surface area contributed by atoms with Crippen molar-refractivity contribution in [1.82, 2.24) is 0 Å². The van der Waals surface area contributed by atoms with Gasteiger partial charge in [-0.1, -0.05) is 12.1 Å². The molecule has 0 aromatic heterocycles. The first-order valence-electron chi connectivity index (χ1n) is 4.40. The number of para-hydroxylation sites is 1. The van der Waals surface area contributed by atoms with Gasteiger partial charge in [0, 0.05) is 15.8 Å².